The second-order valence-corrected chi connectivity index (χ2v) is 3.57. The van der Waals surface area contributed by atoms with Gasteiger partial charge >= 0.3 is 11.9 Å². The molecule has 0 radical (unpaired) electrons. The van der Waals surface area contributed by atoms with Crippen LogP contribution < -0.4 is 0 Å². The Labute approximate surface area is 87.7 Å². The highest BCUT2D eigenvalue weighted by Gasteiger charge is 2.41. The lowest BCUT2D eigenvalue weighted by Gasteiger charge is -2.15. The molecule has 0 saturated heterocycles. The summed E-state index contributed by atoms with van der Waals surface area (Å²) in [4.78, 5) is 33.3. The summed E-state index contributed by atoms with van der Waals surface area (Å²) in [6.45, 7) is 1.41. The molecule has 5 nitrogen and oxygen atoms in total. The van der Waals surface area contributed by atoms with Gasteiger partial charge in [-0.05, 0) is 6.42 Å². The number of methoxy groups -OCH3 is 1. The number of carbonyl (C=O) groups excluding carboxylic acids is 3. The molecule has 5 heteroatoms. The van der Waals surface area contributed by atoms with Crippen LogP contribution in [0.5, 0.6) is 0 Å². The van der Waals surface area contributed by atoms with E-state index in [1.54, 1.807) is 0 Å². The number of carbonyl (C=O) groups is 3. The molecule has 0 aromatic carbocycles. The van der Waals surface area contributed by atoms with Crippen molar-refractivity contribution in [2.75, 3.05) is 13.7 Å². The van der Waals surface area contributed by atoms with Crippen LogP contribution in [0.4, 0.5) is 0 Å². The Morgan fingerprint density at radius 3 is 2.67 bits per heavy atom. The topological polar surface area (TPSA) is 69.7 Å². The van der Waals surface area contributed by atoms with Gasteiger partial charge in [0.2, 0.25) is 0 Å². The Kier molecular flexibility index (Phi) is 3.82. The van der Waals surface area contributed by atoms with Gasteiger partial charge in [-0.2, -0.15) is 0 Å². The van der Waals surface area contributed by atoms with Crippen LogP contribution in [-0.2, 0) is 23.9 Å². The molecule has 15 heavy (non-hydrogen) atoms. The van der Waals surface area contributed by atoms with E-state index in [1.807, 2.05) is 0 Å². The van der Waals surface area contributed by atoms with Crippen LogP contribution in [0.2, 0.25) is 0 Å². The molecular formula is C10H14O5. The molecule has 0 amide bonds. The maximum absolute atomic E-state index is 11.4. The standard InChI is InChI=1S/C10H14O5/c1-6(11)15-5-7-3-4-8(12)9(7)10(13)14-2/h7,9H,3-5H2,1-2H3/t7-,9-/m0/s1. The van der Waals surface area contributed by atoms with E-state index < -0.39 is 17.9 Å². The predicted octanol–water partition coefficient (Wildman–Crippen LogP) is 0.318. The second-order valence-electron chi connectivity index (χ2n) is 3.57. The van der Waals surface area contributed by atoms with Gasteiger partial charge in [0.25, 0.3) is 0 Å². The molecule has 1 aliphatic rings. The minimum absolute atomic E-state index is 0.112. The summed E-state index contributed by atoms with van der Waals surface area (Å²) in [6, 6.07) is 0. The van der Waals surface area contributed by atoms with Crippen molar-refractivity contribution in [1.29, 1.82) is 0 Å². The lowest BCUT2D eigenvalue weighted by Crippen LogP contribution is -2.29. The van der Waals surface area contributed by atoms with Gasteiger partial charge in [-0.25, -0.2) is 0 Å². The fourth-order valence-corrected chi connectivity index (χ4v) is 1.77. The molecule has 84 valence electrons. The van der Waals surface area contributed by atoms with Crippen LogP contribution in [0.1, 0.15) is 19.8 Å². The Balaban J connectivity index is 2.59. The molecule has 0 aromatic heterocycles. The van der Waals surface area contributed by atoms with Crippen LogP contribution in [0.15, 0.2) is 0 Å². The number of Topliss-reactive ketones (excluding diaryl/α,β-unsaturated/α-hetero) is 1. The minimum Gasteiger partial charge on any atom is -0.468 e. The smallest absolute Gasteiger partial charge is 0.316 e. The fraction of sp³-hybridized carbons (Fsp3) is 0.700. The molecule has 1 rings (SSSR count). The van der Waals surface area contributed by atoms with Gasteiger partial charge in [0.1, 0.15) is 11.7 Å². The van der Waals surface area contributed by atoms with Gasteiger partial charge in [0.15, 0.2) is 0 Å². The number of hydrogen-bond donors (Lipinski definition) is 0. The minimum atomic E-state index is -0.755. The van der Waals surface area contributed by atoms with Crippen LogP contribution in [0, 0.1) is 11.8 Å². The second kappa shape index (κ2) is 4.91. The zero-order valence-electron chi connectivity index (χ0n) is 8.82. The third-order valence-electron chi connectivity index (χ3n) is 2.54. The van der Waals surface area contributed by atoms with E-state index in [4.69, 9.17) is 4.74 Å². The maximum Gasteiger partial charge on any atom is 0.316 e. The lowest BCUT2D eigenvalue weighted by atomic mass is 9.96. The van der Waals surface area contributed by atoms with Crippen molar-refractivity contribution >= 4 is 17.7 Å². The zero-order valence-corrected chi connectivity index (χ0v) is 8.82. The number of rotatable bonds is 3. The summed E-state index contributed by atoms with van der Waals surface area (Å²) in [5.74, 6) is -2.05. The van der Waals surface area contributed by atoms with Crippen LogP contribution >= 0.6 is 0 Å². The third kappa shape index (κ3) is 2.78. The normalized spacial score (nSPS) is 25.1. The quantitative estimate of drug-likeness (QED) is 0.499. The first-order valence-electron chi connectivity index (χ1n) is 4.80. The van der Waals surface area contributed by atoms with Gasteiger partial charge in [-0.1, -0.05) is 0 Å². The molecule has 0 heterocycles. The highest BCUT2D eigenvalue weighted by Crippen LogP contribution is 2.29. The van der Waals surface area contributed by atoms with E-state index in [1.165, 1.54) is 14.0 Å². The lowest BCUT2D eigenvalue weighted by molar-refractivity contribution is -0.153. The zero-order chi connectivity index (χ0) is 11.4. The highest BCUT2D eigenvalue weighted by atomic mass is 16.5. The van der Waals surface area contributed by atoms with Crippen LogP contribution in [-0.4, -0.2) is 31.4 Å². The van der Waals surface area contributed by atoms with Crippen molar-refractivity contribution in [3.63, 3.8) is 0 Å². The SMILES string of the molecule is COC(=O)[C@@H]1C(=O)CC[C@H]1COC(C)=O. The van der Waals surface area contributed by atoms with Gasteiger partial charge < -0.3 is 9.47 Å². The Bertz CT molecular complexity index is 284. The van der Waals surface area contributed by atoms with Gasteiger partial charge in [0.05, 0.1) is 13.7 Å². The number of esters is 2. The summed E-state index contributed by atoms with van der Waals surface area (Å²) in [5, 5.41) is 0. The largest absolute Gasteiger partial charge is 0.468 e. The molecule has 0 aliphatic heterocycles. The average Bonchev–Trinajstić information content (AvgIpc) is 2.55. The van der Waals surface area contributed by atoms with E-state index in [-0.39, 0.29) is 18.3 Å². The molecule has 1 aliphatic carbocycles. The van der Waals surface area contributed by atoms with Crippen molar-refractivity contribution in [1.82, 2.24) is 0 Å². The monoisotopic (exact) mass is 214 g/mol. The Morgan fingerprint density at radius 2 is 2.13 bits per heavy atom. The van der Waals surface area contributed by atoms with E-state index >= 15 is 0 Å². The molecule has 1 fully saturated rings. The van der Waals surface area contributed by atoms with Crippen molar-refractivity contribution < 1.29 is 23.9 Å². The van der Waals surface area contributed by atoms with Crippen molar-refractivity contribution in [2.24, 2.45) is 11.8 Å². The fourth-order valence-electron chi connectivity index (χ4n) is 1.77. The third-order valence-corrected chi connectivity index (χ3v) is 2.54. The van der Waals surface area contributed by atoms with Gasteiger partial charge in [-0.15, -0.1) is 0 Å². The molecule has 0 N–H and O–H groups in total. The molecule has 1 saturated carbocycles. The molecule has 0 aromatic rings. The van der Waals surface area contributed by atoms with Crippen LogP contribution in [0.25, 0.3) is 0 Å². The van der Waals surface area contributed by atoms with Gasteiger partial charge in [0, 0.05) is 19.3 Å². The average molecular weight is 214 g/mol. The van der Waals surface area contributed by atoms with E-state index in [0.717, 1.165) is 0 Å². The van der Waals surface area contributed by atoms with Gasteiger partial charge in [-0.3, -0.25) is 14.4 Å². The first-order chi connectivity index (χ1) is 7.06. The number of ketones is 1. The highest BCUT2D eigenvalue weighted by molar-refractivity contribution is 6.00. The molecule has 2 atom stereocenters. The Morgan fingerprint density at radius 1 is 1.47 bits per heavy atom. The van der Waals surface area contributed by atoms with E-state index in [2.05, 4.69) is 4.74 Å². The maximum atomic E-state index is 11.4. The molecular weight excluding hydrogens is 200 g/mol. The first-order valence-corrected chi connectivity index (χ1v) is 4.80. The first kappa shape index (κ1) is 11.7. The molecule has 0 unspecified atom stereocenters. The predicted molar refractivity (Wildman–Crippen MR) is 49.9 cm³/mol. The summed E-state index contributed by atoms with van der Waals surface area (Å²) in [5.41, 5.74) is 0. The van der Waals surface area contributed by atoms with Crippen molar-refractivity contribution in [3.8, 4) is 0 Å². The summed E-state index contributed by atoms with van der Waals surface area (Å²) < 4.78 is 9.34. The summed E-state index contributed by atoms with van der Waals surface area (Å²) >= 11 is 0. The number of hydrogen-bond acceptors (Lipinski definition) is 5. The van der Waals surface area contributed by atoms with E-state index in [0.29, 0.717) is 12.8 Å². The number of ether oxygens (including phenoxy) is 2. The van der Waals surface area contributed by atoms with Crippen molar-refractivity contribution in [2.45, 2.75) is 19.8 Å². The Hall–Kier alpha value is -1.39. The molecule has 0 spiro atoms. The van der Waals surface area contributed by atoms with Crippen LogP contribution in [0.3, 0.4) is 0 Å². The molecule has 0 bridgehead atoms. The summed E-state index contributed by atoms with van der Waals surface area (Å²) in [6.07, 6.45) is 0.928. The van der Waals surface area contributed by atoms with E-state index in [9.17, 15) is 14.4 Å². The summed E-state index contributed by atoms with van der Waals surface area (Å²) in [7, 11) is 1.25. The van der Waals surface area contributed by atoms with Crippen molar-refractivity contribution in [3.05, 3.63) is 0 Å².